The standard InChI is InChI=1S/C20H16F3N3O2/c1-10-14(7-11-3-5-13(21)9-17(11)25-10)19(27)26-18(20(28)24-2)12-4-6-15(22)16(23)8-12/h3-9,18H,1-2H3,(H,24,28)(H,26,27). The number of aryl methyl sites for hydroxylation is 1. The average molecular weight is 387 g/mol. The summed E-state index contributed by atoms with van der Waals surface area (Å²) in [5, 5.41) is 5.43. The van der Waals surface area contributed by atoms with Crippen LogP contribution in [-0.4, -0.2) is 23.8 Å². The number of rotatable bonds is 4. The number of aromatic nitrogens is 1. The third-order valence-electron chi connectivity index (χ3n) is 4.28. The zero-order chi connectivity index (χ0) is 20.4. The lowest BCUT2D eigenvalue weighted by molar-refractivity contribution is -0.122. The monoisotopic (exact) mass is 387 g/mol. The van der Waals surface area contributed by atoms with Gasteiger partial charge in [0.2, 0.25) is 5.91 Å². The molecule has 0 bridgehead atoms. The van der Waals surface area contributed by atoms with Crippen LogP contribution >= 0.6 is 0 Å². The van der Waals surface area contributed by atoms with Crippen LogP contribution in [0.4, 0.5) is 13.2 Å². The van der Waals surface area contributed by atoms with Crippen LogP contribution in [-0.2, 0) is 4.79 Å². The second kappa shape index (κ2) is 7.67. The number of carbonyl (C=O) groups is 2. The van der Waals surface area contributed by atoms with Crippen LogP contribution in [0.15, 0.2) is 42.5 Å². The molecule has 1 unspecified atom stereocenters. The van der Waals surface area contributed by atoms with Crippen LogP contribution < -0.4 is 10.6 Å². The first-order valence-corrected chi connectivity index (χ1v) is 8.34. The Bertz CT molecular complexity index is 1090. The van der Waals surface area contributed by atoms with Crippen molar-refractivity contribution in [3.05, 3.63) is 76.7 Å². The van der Waals surface area contributed by atoms with E-state index in [0.29, 0.717) is 16.6 Å². The summed E-state index contributed by atoms with van der Waals surface area (Å²) in [4.78, 5) is 29.2. The van der Waals surface area contributed by atoms with Gasteiger partial charge in [0.15, 0.2) is 11.6 Å². The van der Waals surface area contributed by atoms with E-state index in [0.717, 1.165) is 12.1 Å². The minimum absolute atomic E-state index is 0.0834. The van der Waals surface area contributed by atoms with Crippen LogP contribution in [0.2, 0.25) is 0 Å². The van der Waals surface area contributed by atoms with Gasteiger partial charge in [0.1, 0.15) is 11.9 Å². The van der Waals surface area contributed by atoms with Crippen LogP contribution in [0.3, 0.4) is 0 Å². The van der Waals surface area contributed by atoms with Crippen LogP contribution in [0, 0.1) is 24.4 Å². The molecule has 0 aliphatic rings. The quantitative estimate of drug-likeness (QED) is 0.722. The third kappa shape index (κ3) is 3.80. The van der Waals surface area contributed by atoms with Crippen molar-refractivity contribution in [3.8, 4) is 0 Å². The Morgan fingerprint density at radius 1 is 1.00 bits per heavy atom. The van der Waals surface area contributed by atoms with Crippen molar-refractivity contribution >= 4 is 22.7 Å². The topological polar surface area (TPSA) is 71.1 Å². The van der Waals surface area contributed by atoms with Crippen LogP contribution in [0.25, 0.3) is 10.9 Å². The highest BCUT2D eigenvalue weighted by molar-refractivity contribution is 6.01. The molecule has 8 heteroatoms. The summed E-state index contributed by atoms with van der Waals surface area (Å²) in [7, 11) is 1.36. The molecule has 0 radical (unpaired) electrons. The van der Waals surface area contributed by atoms with E-state index in [1.807, 2.05) is 0 Å². The number of pyridine rings is 1. The highest BCUT2D eigenvalue weighted by atomic mass is 19.2. The SMILES string of the molecule is CNC(=O)C(NC(=O)c1cc2ccc(F)cc2nc1C)c1ccc(F)c(F)c1. The zero-order valence-electron chi connectivity index (χ0n) is 15.0. The molecule has 0 saturated carbocycles. The molecule has 1 heterocycles. The normalized spacial score (nSPS) is 11.9. The van der Waals surface area contributed by atoms with E-state index < -0.39 is 35.3 Å². The minimum atomic E-state index is -1.24. The Morgan fingerprint density at radius 3 is 2.43 bits per heavy atom. The third-order valence-corrected chi connectivity index (χ3v) is 4.28. The first-order chi connectivity index (χ1) is 13.3. The second-order valence-corrected chi connectivity index (χ2v) is 6.15. The molecule has 0 spiro atoms. The molecule has 5 nitrogen and oxygen atoms in total. The van der Waals surface area contributed by atoms with E-state index in [1.165, 1.54) is 37.4 Å². The first-order valence-electron chi connectivity index (χ1n) is 8.34. The Kier molecular flexibility index (Phi) is 5.30. The summed E-state index contributed by atoms with van der Waals surface area (Å²) in [6.45, 7) is 1.58. The number of nitrogens with zero attached hydrogens (tertiary/aromatic N) is 1. The summed E-state index contributed by atoms with van der Waals surface area (Å²) in [5.41, 5.74) is 0.977. The fraction of sp³-hybridized carbons (Fsp3) is 0.150. The average Bonchev–Trinajstić information content (AvgIpc) is 2.67. The second-order valence-electron chi connectivity index (χ2n) is 6.15. The predicted octanol–water partition coefficient (Wildman–Crippen LogP) is 3.18. The van der Waals surface area contributed by atoms with Gasteiger partial charge >= 0.3 is 0 Å². The van der Waals surface area contributed by atoms with Crippen molar-refractivity contribution in [2.75, 3.05) is 7.05 Å². The molecular weight excluding hydrogens is 371 g/mol. The number of carbonyl (C=O) groups excluding carboxylic acids is 2. The lowest BCUT2D eigenvalue weighted by Crippen LogP contribution is -2.39. The van der Waals surface area contributed by atoms with Gasteiger partial charge in [0.25, 0.3) is 5.91 Å². The van der Waals surface area contributed by atoms with Gasteiger partial charge in [0.05, 0.1) is 16.8 Å². The van der Waals surface area contributed by atoms with Gasteiger partial charge in [0, 0.05) is 18.5 Å². The van der Waals surface area contributed by atoms with Crippen LogP contribution in [0.5, 0.6) is 0 Å². The van der Waals surface area contributed by atoms with Crippen LogP contribution in [0.1, 0.15) is 27.7 Å². The smallest absolute Gasteiger partial charge is 0.254 e. The van der Waals surface area contributed by atoms with E-state index in [-0.39, 0.29) is 11.1 Å². The van der Waals surface area contributed by atoms with Gasteiger partial charge in [-0.1, -0.05) is 6.07 Å². The van der Waals surface area contributed by atoms with Crippen molar-refractivity contribution in [1.82, 2.24) is 15.6 Å². The maximum atomic E-state index is 13.6. The summed E-state index contributed by atoms with van der Waals surface area (Å²) in [5.74, 6) is -3.88. The summed E-state index contributed by atoms with van der Waals surface area (Å²) in [6, 6.07) is 7.21. The molecule has 2 N–H and O–H groups in total. The van der Waals surface area contributed by atoms with E-state index >= 15 is 0 Å². The highest BCUT2D eigenvalue weighted by Crippen LogP contribution is 2.21. The fourth-order valence-corrected chi connectivity index (χ4v) is 2.81. The molecule has 2 amide bonds. The van der Waals surface area contributed by atoms with Gasteiger partial charge < -0.3 is 10.6 Å². The number of fused-ring (bicyclic) bond motifs is 1. The summed E-state index contributed by atoms with van der Waals surface area (Å²) >= 11 is 0. The number of halogens is 3. The maximum Gasteiger partial charge on any atom is 0.254 e. The largest absolute Gasteiger partial charge is 0.357 e. The molecule has 3 rings (SSSR count). The van der Waals surface area contributed by atoms with Gasteiger partial charge in [-0.3, -0.25) is 14.6 Å². The first kappa shape index (κ1) is 19.3. The van der Waals surface area contributed by atoms with Crippen molar-refractivity contribution in [2.24, 2.45) is 0 Å². The Balaban J connectivity index is 1.96. The molecule has 1 atom stereocenters. The number of amides is 2. The highest BCUT2D eigenvalue weighted by Gasteiger charge is 2.24. The van der Waals surface area contributed by atoms with E-state index in [1.54, 1.807) is 6.92 Å². The fourth-order valence-electron chi connectivity index (χ4n) is 2.81. The van der Waals surface area contributed by atoms with Gasteiger partial charge in [-0.2, -0.15) is 0 Å². The lowest BCUT2D eigenvalue weighted by atomic mass is 10.0. The van der Waals surface area contributed by atoms with E-state index in [4.69, 9.17) is 0 Å². The number of nitrogens with one attached hydrogen (secondary N) is 2. The molecule has 2 aromatic carbocycles. The Hall–Kier alpha value is -3.42. The van der Waals surface area contributed by atoms with Gasteiger partial charge in [-0.15, -0.1) is 0 Å². The number of likely N-dealkylation sites (N-methyl/N-ethyl adjacent to an activating group) is 1. The van der Waals surface area contributed by atoms with E-state index in [2.05, 4.69) is 15.6 Å². The Morgan fingerprint density at radius 2 is 1.75 bits per heavy atom. The molecule has 28 heavy (non-hydrogen) atoms. The maximum absolute atomic E-state index is 13.6. The molecule has 1 aromatic heterocycles. The molecular formula is C20H16F3N3O2. The van der Waals surface area contributed by atoms with Crippen molar-refractivity contribution in [1.29, 1.82) is 0 Å². The number of benzene rings is 2. The molecule has 0 aliphatic heterocycles. The van der Waals surface area contributed by atoms with Crippen molar-refractivity contribution in [3.63, 3.8) is 0 Å². The van der Waals surface area contributed by atoms with E-state index in [9.17, 15) is 22.8 Å². The van der Waals surface area contributed by atoms with Crippen molar-refractivity contribution in [2.45, 2.75) is 13.0 Å². The molecule has 3 aromatic rings. The molecule has 0 saturated heterocycles. The lowest BCUT2D eigenvalue weighted by Gasteiger charge is -2.18. The number of hydrogen-bond acceptors (Lipinski definition) is 3. The predicted molar refractivity (Wildman–Crippen MR) is 97.1 cm³/mol. The van der Waals surface area contributed by atoms with Gasteiger partial charge in [-0.25, -0.2) is 13.2 Å². The summed E-state index contributed by atoms with van der Waals surface area (Å²) < 4.78 is 40.1. The minimum Gasteiger partial charge on any atom is -0.357 e. The van der Waals surface area contributed by atoms with Gasteiger partial charge in [-0.05, 0) is 42.8 Å². The Labute approximate surface area is 158 Å². The number of hydrogen-bond donors (Lipinski definition) is 2. The van der Waals surface area contributed by atoms with Crippen molar-refractivity contribution < 1.29 is 22.8 Å². The summed E-state index contributed by atoms with van der Waals surface area (Å²) in [6.07, 6.45) is 0. The zero-order valence-corrected chi connectivity index (χ0v) is 15.0. The molecule has 144 valence electrons. The molecule has 0 aliphatic carbocycles. The molecule has 0 fully saturated rings.